The Balaban J connectivity index is 2.13. The van der Waals surface area contributed by atoms with E-state index in [1.165, 1.54) is 0 Å². The molecule has 0 radical (unpaired) electrons. The molecule has 18 heavy (non-hydrogen) atoms. The maximum absolute atomic E-state index is 11.4. The normalized spacial score (nSPS) is 10.1. The van der Waals surface area contributed by atoms with E-state index in [1.807, 2.05) is 12.1 Å². The maximum Gasteiger partial charge on any atom is 0.258 e. The fourth-order valence-electron chi connectivity index (χ4n) is 1.19. The lowest BCUT2D eigenvalue weighted by Gasteiger charge is -2.07. The van der Waals surface area contributed by atoms with Crippen LogP contribution in [-0.2, 0) is 9.53 Å². The standard InChI is InChI=1S/C12H16BrNO4/c13-10-2-1-3-11(8-10)18-9-12(16)14-4-6-17-7-5-15/h1-3,8,15H,4-7,9H2,(H,14,16). The van der Waals surface area contributed by atoms with Gasteiger partial charge in [0.15, 0.2) is 6.61 Å². The van der Waals surface area contributed by atoms with Gasteiger partial charge in [0.05, 0.1) is 19.8 Å². The lowest BCUT2D eigenvalue weighted by Crippen LogP contribution is -2.31. The Morgan fingerprint density at radius 1 is 1.39 bits per heavy atom. The van der Waals surface area contributed by atoms with E-state index in [4.69, 9.17) is 14.6 Å². The van der Waals surface area contributed by atoms with E-state index in [-0.39, 0.29) is 25.7 Å². The molecule has 0 saturated heterocycles. The lowest BCUT2D eigenvalue weighted by molar-refractivity contribution is -0.123. The van der Waals surface area contributed by atoms with Gasteiger partial charge in [0.1, 0.15) is 5.75 Å². The van der Waals surface area contributed by atoms with Crippen LogP contribution >= 0.6 is 15.9 Å². The third-order valence-corrected chi connectivity index (χ3v) is 2.46. The third kappa shape index (κ3) is 6.58. The van der Waals surface area contributed by atoms with Crippen molar-refractivity contribution in [1.82, 2.24) is 5.32 Å². The summed E-state index contributed by atoms with van der Waals surface area (Å²) in [5.41, 5.74) is 0. The molecule has 100 valence electrons. The van der Waals surface area contributed by atoms with Gasteiger partial charge in [-0.3, -0.25) is 4.79 Å². The number of ether oxygens (including phenoxy) is 2. The summed E-state index contributed by atoms with van der Waals surface area (Å²) in [4.78, 5) is 11.4. The van der Waals surface area contributed by atoms with Crippen molar-refractivity contribution in [3.05, 3.63) is 28.7 Å². The highest BCUT2D eigenvalue weighted by atomic mass is 79.9. The minimum Gasteiger partial charge on any atom is -0.484 e. The van der Waals surface area contributed by atoms with Gasteiger partial charge in [-0.05, 0) is 18.2 Å². The monoisotopic (exact) mass is 317 g/mol. The van der Waals surface area contributed by atoms with Crippen molar-refractivity contribution >= 4 is 21.8 Å². The molecule has 1 aromatic rings. The fraction of sp³-hybridized carbons (Fsp3) is 0.417. The first kappa shape index (κ1) is 14.9. The molecule has 6 heteroatoms. The number of halogens is 1. The van der Waals surface area contributed by atoms with Crippen LogP contribution in [0.2, 0.25) is 0 Å². The van der Waals surface area contributed by atoms with Gasteiger partial charge in [0.25, 0.3) is 5.91 Å². The predicted molar refractivity (Wildman–Crippen MR) is 70.6 cm³/mol. The largest absolute Gasteiger partial charge is 0.484 e. The SMILES string of the molecule is O=C(COc1cccc(Br)c1)NCCOCCO. The van der Waals surface area contributed by atoms with Crippen LogP contribution in [0.3, 0.4) is 0 Å². The molecule has 0 fully saturated rings. The predicted octanol–water partition coefficient (Wildman–Crippen LogP) is 0.953. The van der Waals surface area contributed by atoms with E-state index >= 15 is 0 Å². The van der Waals surface area contributed by atoms with Gasteiger partial charge >= 0.3 is 0 Å². The van der Waals surface area contributed by atoms with Crippen LogP contribution in [0.4, 0.5) is 0 Å². The van der Waals surface area contributed by atoms with Gasteiger partial charge in [-0.2, -0.15) is 0 Å². The first-order valence-electron chi connectivity index (χ1n) is 5.56. The molecule has 1 rings (SSSR count). The van der Waals surface area contributed by atoms with Crippen LogP contribution in [0, 0.1) is 0 Å². The molecule has 0 aliphatic rings. The number of hydrogen-bond acceptors (Lipinski definition) is 4. The summed E-state index contributed by atoms with van der Waals surface area (Å²) in [6.07, 6.45) is 0. The Morgan fingerprint density at radius 3 is 2.94 bits per heavy atom. The summed E-state index contributed by atoms with van der Waals surface area (Å²) >= 11 is 3.32. The van der Waals surface area contributed by atoms with Gasteiger partial charge in [0, 0.05) is 11.0 Å². The molecule has 0 aromatic heterocycles. The molecule has 0 atom stereocenters. The molecular formula is C12H16BrNO4. The average molecular weight is 318 g/mol. The first-order chi connectivity index (χ1) is 8.72. The Bertz CT molecular complexity index is 373. The molecule has 1 amide bonds. The Labute approximate surface area is 114 Å². The topological polar surface area (TPSA) is 67.8 Å². The van der Waals surface area contributed by atoms with E-state index in [1.54, 1.807) is 12.1 Å². The number of amides is 1. The van der Waals surface area contributed by atoms with Gasteiger partial charge in [-0.25, -0.2) is 0 Å². The number of carbonyl (C=O) groups excluding carboxylic acids is 1. The zero-order chi connectivity index (χ0) is 13.2. The number of aliphatic hydroxyl groups is 1. The Morgan fingerprint density at radius 2 is 2.22 bits per heavy atom. The first-order valence-corrected chi connectivity index (χ1v) is 6.35. The summed E-state index contributed by atoms with van der Waals surface area (Å²) < 4.78 is 11.2. The summed E-state index contributed by atoms with van der Waals surface area (Å²) in [7, 11) is 0. The van der Waals surface area contributed by atoms with Gasteiger partial charge in [-0.15, -0.1) is 0 Å². The molecule has 1 aromatic carbocycles. The molecule has 0 bridgehead atoms. The van der Waals surface area contributed by atoms with Crippen LogP contribution in [0.5, 0.6) is 5.75 Å². The van der Waals surface area contributed by atoms with Crippen molar-refractivity contribution in [3.8, 4) is 5.75 Å². The highest BCUT2D eigenvalue weighted by molar-refractivity contribution is 9.10. The quantitative estimate of drug-likeness (QED) is 0.701. The highest BCUT2D eigenvalue weighted by Gasteiger charge is 2.02. The van der Waals surface area contributed by atoms with Crippen molar-refractivity contribution < 1.29 is 19.4 Å². The van der Waals surface area contributed by atoms with E-state index in [9.17, 15) is 4.79 Å². The minimum atomic E-state index is -0.206. The van der Waals surface area contributed by atoms with E-state index in [2.05, 4.69) is 21.2 Å². The molecule has 0 unspecified atom stereocenters. The lowest BCUT2D eigenvalue weighted by atomic mass is 10.3. The van der Waals surface area contributed by atoms with Crippen molar-refractivity contribution in [1.29, 1.82) is 0 Å². The summed E-state index contributed by atoms with van der Waals surface area (Å²) in [5, 5.41) is 11.1. The second-order valence-corrected chi connectivity index (χ2v) is 4.35. The summed E-state index contributed by atoms with van der Waals surface area (Å²) in [6.45, 7) is 1.02. The number of rotatable bonds is 8. The van der Waals surface area contributed by atoms with E-state index in [0.717, 1.165) is 4.47 Å². The Kier molecular flexibility index (Phi) is 7.40. The highest BCUT2D eigenvalue weighted by Crippen LogP contribution is 2.17. The minimum absolute atomic E-state index is 0.0139. The third-order valence-electron chi connectivity index (χ3n) is 1.97. The molecule has 0 aliphatic carbocycles. The zero-order valence-corrected chi connectivity index (χ0v) is 11.5. The van der Waals surface area contributed by atoms with Gasteiger partial charge in [-0.1, -0.05) is 22.0 Å². The van der Waals surface area contributed by atoms with E-state index < -0.39 is 0 Å². The molecule has 0 saturated carbocycles. The number of nitrogens with one attached hydrogen (secondary N) is 1. The zero-order valence-electron chi connectivity index (χ0n) is 9.89. The molecule has 0 aliphatic heterocycles. The van der Waals surface area contributed by atoms with Gasteiger partial charge in [0.2, 0.25) is 0 Å². The molecular weight excluding hydrogens is 302 g/mol. The smallest absolute Gasteiger partial charge is 0.258 e. The van der Waals surface area contributed by atoms with Crippen LogP contribution in [0.25, 0.3) is 0 Å². The summed E-state index contributed by atoms with van der Waals surface area (Å²) in [5.74, 6) is 0.429. The average Bonchev–Trinajstić information content (AvgIpc) is 2.36. The molecule has 0 spiro atoms. The van der Waals surface area contributed by atoms with Crippen molar-refractivity contribution in [2.45, 2.75) is 0 Å². The van der Waals surface area contributed by atoms with Crippen LogP contribution in [-0.4, -0.2) is 44.0 Å². The fourth-order valence-corrected chi connectivity index (χ4v) is 1.56. The maximum atomic E-state index is 11.4. The molecule has 0 heterocycles. The molecule has 2 N–H and O–H groups in total. The van der Waals surface area contributed by atoms with Crippen molar-refractivity contribution in [2.24, 2.45) is 0 Å². The number of carbonyl (C=O) groups is 1. The number of benzene rings is 1. The van der Waals surface area contributed by atoms with Crippen LogP contribution in [0.15, 0.2) is 28.7 Å². The van der Waals surface area contributed by atoms with E-state index in [0.29, 0.717) is 18.9 Å². The molecule has 5 nitrogen and oxygen atoms in total. The second-order valence-electron chi connectivity index (χ2n) is 3.43. The van der Waals surface area contributed by atoms with Gasteiger partial charge < -0.3 is 19.9 Å². The number of hydrogen-bond donors (Lipinski definition) is 2. The van der Waals surface area contributed by atoms with Crippen LogP contribution < -0.4 is 10.1 Å². The van der Waals surface area contributed by atoms with Crippen LogP contribution in [0.1, 0.15) is 0 Å². The Hall–Kier alpha value is -1.11. The van der Waals surface area contributed by atoms with Crippen molar-refractivity contribution in [2.75, 3.05) is 33.0 Å². The van der Waals surface area contributed by atoms with Crippen molar-refractivity contribution in [3.63, 3.8) is 0 Å². The summed E-state index contributed by atoms with van der Waals surface area (Å²) in [6, 6.07) is 7.28. The second kappa shape index (κ2) is 8.91. The number of aliphatic hydroxyl groups excluding tert-OH is 1.